The zero-order valence-electron chi connectivity index (χ0n) is 12.4. The molecule has 1 N–H and O–H groups in total. The molecule has 0 radical (unpaired) electrons. The number of rotatable bonds is 6. The van der Waals surface area contributed by atoms with Crippen molar-refractivity contribution in [3.05, 3.63) is 5.82 Å². The van der Waals surface area contributed by atoms with Gasteiger partial charge in [0.1, 0.15) is 5.54 Å². The molecule has 1 aromatic heterocycles. The van der Waals surface area contributed by atoms with Crippen molar-refractivity contribution >= 4 is 5.91 Å². The summed E-state index contributed by atoms with van der Waals surface area (Å²) in [5, 5.41) is 15.5. The molecule has 0 fully saturated rings. The molecule has 0 aromatic carbocycles. The van der Waals surface area contributed by atoms with Crippen LogP contribution in [0.25, 0.3) is 0 Å². The SMILES string of the molecule is CC(C)c1noc(OCC(=O)N[C@](C)(C#N)C(C)C)n1. The molecule has 0 aliphatic carbocycles. The van der Waals surface area contributed by atoms with Crippen molar-refractivity contribution in [2.24, 2.45) is 5.92 Å². The van der Waals surface area contributed by atoms with E-state index in [0.717, 1.165) is 0 Å². The normalized spacial score (nSPS) is 13.9. The van der Waals surface area contributed by atoms with Gasteiger partial charge in [-0.3, -0.25) is 9.32 Å². The van der Waals surface area contributed by atoms with E-state index < -0.39 is 11.4 Å². The number of nitriles is 1. The minimum atomic E-state index is -0.932. The van der Waals surface area contributed by atoms with Gasteiger partial charge < -0.3 is 10.1 Å². The van der Waals surface area contributed by atoms with E-state index >= 15 is 0 Å². The minimum absolute atomic E-state index is 0.0209. The van der Waals surface area contributed by atoms with Crippen molar-refractivity contribution in [2.45, 2.75) is 46.1 Å². The molecule has 0 aliphatic rings. The highest BCUT2D eigenvalue weighted by atomic mass is 16.6. The molecule has 1 atom stereocenters. The zero-order chi connectivity index (χ0) is 15.3. The van der Waals surface area contributed by atoms with E-state index in [4.69, 9.17) is 14.5 Å². The van der Waals surface area contributed by atoms with E-state index in [2.05, 4.69) is 21.5 Å². The summed E-state index contributed by atoms with van der Waals surface area (Å²) < 4.78 is 9.96. The van der Waals surface area contributed by atoms with Gasteiger partial charge in [0.15, 0.2) is 12.4 Å². The largest absolute Gasteiger partial charge is 0.439 e. The summed E-state index contributed by atoms with van der Waals surface area (Å²) in [5.41, 5.74) is -0.932. The molecule has 0 saturated heterocycles. The van der Waals surface area contributed by atoms with E-state index in [0.29, 0.717) is 5.82 Å². The lowest BCUT2D eigenvalue weighted by Gasteiger charge is -2.26. The van der Waals surface area contributed by atoms with Crippen LogP contribution < -0.4 is 10.1 Å². The topological polar surface area (TPSA) is 101 Å². The van der Waals surface area contributed by atoms with Crippen LogP contribution in [0.3, 0.4) is 0 Å². The predicted molar refractivity (Wildman–Crippen MR) is 70.9 cm³/mol. The Balaban J connectivity index is 2.53. The first-order valence-electron chi connectivity index (χ1n) is 6.47. The fourth-order valence-corrected chi connectivity index (χ4v) is 1.27. The molecule has 1 amide bonds. The molecule has 110 valence electrons. The van der Waals surface area contributed by atoms with E-state index in [1.807, 2.05) is 27.7 Å². The minimum Gasteiger partial charge on any atom is -0.439 e. The number of nitrogens with zero attached hydrogens (tertiary/aromatic N) is 3. The Morgan fingerprint density at radius 2 is 2.15 bits per heavy atom. The molecule has 0 bridgehead atoms. The van der Waals surface area contributed by atoms with Crippen LogP contribution >= 0.6 is 0 Å². The van der Waals surface area contributed by atoms with E-state index in [1.165, 1.54) is 0 Å². The third kappa shape index (κ3) is 3.95. The Morgan fingerprint density at radius 1 is 1.50 bits per heavy atom. The van der Waals surface area contributed by atoms with Gasteiger partial charge in [-0.15, -0.1) is 0 Å². The first-order chi connectivity index (χ1) is 9.28. The highest BCUT2D eigenvalue weighted by Gasteiger charge is 2.30. The van der Waals surface area contributed by atoms with Crippen LogP contribution in [-0.4, -0.2) is 28.2 Å². The lowest BCUT2D eigenvalue weighted by Crippen LogP contribution is -2.50. The second-order valence-electron chi connectivity index (χ2n) is 5.38. The van der Waals surface area contributed by atoms with Gasteiger partial charge in [-0.1, -0.05) is 32.9 Å². The maximum Gasteiger partial charge on any atom is 0.417 e. The molecular weight excluding hydrogens is 260 g/mol. The summed E-state index contributed by atoms with van der Waals surface area (Å²) >= 11 is 0. The smallest absolute Gasteiger partial charge is 0.417 e. The molecule has 1 heterocycles. The van der Waals surface area contributed by atoms with E-state index in [9.17, 15) is 4.79 Å². The number of carbonyl (C=O) groups is 1. The van der Waals surface area contributed by atoms with Crippen molar-refractivity contribution < 1.29 is 14.1 Å². The molecule has 0 spiro atoms. The van der Waals surface area contributed by atoms with Gasteiger partial charge in [0.25, 0.3) is 5.91 Å². The number of aromatic nitrogens is 2. The van der Waals surface area contributed by atoms with Crippen molar-refractivity contribution in [1.29, 1.82) is 5.26 Å². The van der Waals surface area contributed by atoms with Crippen LogP contribution in [0.15, 0.2) is 4.52 Å². The molecule has 1 rings (SSSR count). The molecule has 1 aromatic rings. The van der Waals surface area contributed by atoms with Gasteiger partial charge in [-0.2, -0.15) is 10.2 Å². The Kier molecular flexibility index (Phi) is 5.08. The molecule has 0 aliphatic heterocycles. The summed E-state index contributed by atoms with van der Waals surface area (Å²) in [4.78, 5) is 15.7. The van der Waals surface area contributed by atoms with Crippen LogP contribution in [0.1, 0.15) is 46.4 Å². The van der Waals surface area contributed by atoms with Crippen LogP contribution in [0.4, 0.5) is 0 Å². The van der Waals surface area contributed by atoms with Crippen LogP contribution in [-0.2, 0) is 4.79 Å². The molecule has 20 heavy (non-hydrogen) atoms. The summed E-state index contributed by atoms with van der Waals surface area (Å²) in [5.74, 6) is 0.205. The van der Waals surface area contributed by atoms with Gasteiger partial charge >= 0.3 is 6.08 Å². The fourth-order valence-electron chi connectivity index (χ4n) is 1.27. The summed E-state index contributed by atoms with van der Waals surface area (Å²) in [6.45, 7) is 8.95. The highest BCUT2D eigenvalue weighted by molar-refractivity contribution is 5.78. The molecule has 7 nitrogen and oxygen atoms in total. The fraction of sp³-hybridized carbons (Fsp3) is 0.692. The predicted octanol–water partition coefficient (Wildman–Crippen LogP) is 1.63. The molecule has 7 heteroatoms. The number of hydrogen-bond donors (Lipinski definition) is 1. The number of ether oxygens (including phenoxy) is 1. The quantitative estimate of drug-likeness (QED) is 0.849. The van der Waals surface area contributed by atoms with Crippen LogP contribution in [0, 0.1) is 17.2 Å². The third-order valence-corrected chi connectivity index (χ3v) is 3.05. The van der Waals surface area contributed by atoms with E-state index in [-0.39, 0.29) is 24.5 Å². The first kappa shape index (κ1) is 16.0. The molecule has 0 unspecified atom stereocenters. The van der Waals surface area contributed by atoms with Gasteiger partial charge in [0.05, 0.1) is 6.07 Å². The van der Waals surface area contributed by atoms with Crippen molar-refractivity contribution in [1.82, 2.24) is 15.5 Å². The summed E-state index contributed by atoms with van der Waals surface area (Å²) in [7, 11) is 0. The maximum absolute atomic E-state index is 11.8. The monoisotopic (exact) mass is 280 g/mol. The van der Waals surface area contributed by atoms with Gasteiger partial charge in [-0.25, -0.2) is 0 Å². The second kappa shape index (κ2) is 6.37. The Bertz CT molecular complexity index is 504. The second-order valence-corrected chi connectivity index (χ2v) is 5.38. The summed E-state index contributed by atoms with van der Waals surface area (Å²) in [6, 6.07) is 2.09. The Labute approximate surface area is 118 Å². The van der Waals surface area contributed by atoms with Crippen LogP contribution in [0.5, 0.6) is 6.08 Å². The number of hydrogen-bond acceptors (Lipinski definition) is 6. The number of carbonyl (C=O) groups excluding carboxylic acids is 1. The third-order valence-electron chi connectivity index (χ3n) is 3.05. The van der Waals surface area contributed by atoms with E-state index in [1.54, 1.807) is 6.92 Å². The van der Waals surface area contributed by atoms with Gasteiger partial charge in [0, 0.05) is 5.92 Å². The number of amides is 1. The van der Waals surface area contributed by atoms with Crippen LogP contribution in [0.2, 0.25) is 0 Å². The lowest BCUT2D eigenvalue weighted by atomic mass is 9.90. The van der Waals surface area contributed by atoms with Crippen molar-refractivity contribution in [3.8, 4) is 12.1 Å². The molecule has 0 saturated carbocycles. The standard InChI is InChI=1S/C13H20N4O3/c1-8(2)11-15-12(20-17-11)19-6-10(18)16-13(5,7-14)9(3)4/h8-9H,6H2,1-5H3,(H,16,18)/t13-/m1/s1. The highest BCUT2D eigenvalue weighted by Crippen LogP contribution is 2.16. The summed E-state index contributed by atoms with van der Waals surface area (Å²) in [6.07, 6.45) is -0.0490. The molecular formula is C13H20N4O3. The van der Waals surface area contributed by atoms with Crippen molar-refractivity contribution in [3.63, 3.8) is 0 Å². The van der Waals surface area contributed by atoms with Crippen molar-refractivity contribution in [2.75, 3.05) is 6.61 Å². The first-order valence-corrected chi connectivity index (χ1v) is 6.47. The van der Waals surface area contributed by atoms with Gasteiger partial charge in [-0.05, 0) is 12.8 Å². The zero-order valence-corrected chi connectivity index (χ0v) is 12.4. The average molecular weight is 280 g/mol. The maximum atomic E-state index is 11.8. The Hall–Kier alpha value is -2.10. The Morgan fingerprint density at radius 3 is 2.60 bits per heavy atom. The average Bonchev–Trinajstić information content (AvgIpc) is 2.85. The van der Waals surface area contributed by atoms with Gasteiger partial charge in [0.2, 0.25) is 0 Å². The number of nitrogens with one attached hydrogen (secondary N) is 1. The lowest BCUT2D eigenvalue weighted by molar-refractivity contribution is -0.125.